The lowest BCUT2D eigenvalue weighted by Gasteiger charge is -2.24. The van der Waals surface area contributed by atoms with Crippen molar-refractivity contribution in [2.75, 3.05) is 27.2 Å². The van der Waals surface area contributed by atoms with E-state index >= 15 is 0 Å². The molecule has 0 atom stereocenters. The van der Waals surface area contributed by atoms with Crippen LogP contribution in [-0.4, -0.2) is 44.8 Å². The molecule has 0 unspecified atom stereocenters. The highest BCUT2D eigenvalue weighted by atomic mass is 35.5. The highest BCUT2D eigenvalue weighted by Gasteiger charge is 2.26. The van der Waals surface area contributed by atoms with Crippen molar-refractivity contribution in [3.63, 3.8) is 0 Å². The maximum absolute atomic E-state index is 13.1. The molecule has 0 bridgehead atoms. The second-order valence-electron chi connectivity index (χ2n) is 6.06. The lowest BCUT2D eigenvalue weighted by Crippen LogP contribution is -2.36. The van der Waals surface area contributed by atoms with E-state index in [4.69, 9.17) is 11.6 Å². The summed E-state index contributed by atoms with van der Waals surface area (Å²) in [5.74, 6) is 0. The maximum Gasteiger partial charge on any atom is 0.244 e. The Morgan fingerprint density at radius 3 is 2.25 bits per heavy atom. The van der Waals surface area contributed by atoms with Crippen molar-refractivity contribution < 1.29 is 8.42 Å². The van der Waals surface area contributed by atoms with Crippen LogP contribution in [0.3, 0.4) is 0 Å². The minimum atomic E-state index is -3.67. The van der Waals surface area contributed by atoms with Crippen LogP contribution in [0.15, 0.2) is 53.4 Å². The van der Waals surface area contributed by atoms with Gasteiger partial charge in [-0.25, -0.2) is 8.42 Å². The van der Waals surface area contributed by atoms with E-state index in [-0.39, 0.29) is 9.92 Å². The summed E-state index contributed by atoms with van der Waals surface area (Å²) >= 11 is 6.21. The van der Waals surface area contributed by atoms with Crippen LogP contribution in [-0.2, 0) is 16.6 Å². The first-order chi connectivity index (χ1) is 11.3. The van der Waals surface area contributed by atoms with E-state index in [9.17, 15) is 8.42 Å². The third-order valence-corrected chi connectivity index (χ3v) is 6.03. The fourth-order valence-electron chi connectivity index (χ4n) is 2.34. The van der Waals surface area contributed by atoms with E-state index < -0.39 is 10.0 Å². The summed E-state index contributed by atoms with van der Waals surface area (Å²) < 4.78 is 27.7. The number of halogens is 1. The van der Waals surface area contributed by atoms with Gasteiger partial charge in [-0.1, -0.05) is 48.0 Å². The Balaban J connectivity index is 2.36. The second-order valence-corrected chi connectivity index (χ2v) is 8.37. The topological polar surface area (TPSA) is 40.6 Å². The fraction of sp³-hybridized carbons (Fsp3) is 0.333. The van der Waals surface area contributed by atoms with Crippen LogP contribution in [0.5, 0.6) is 0 Å². The molecule has 0 amide bonds. The Bertz CT molecular complexity index is 777. The second kappa shape index (κ2) is 8.12. The summed E-state index contributed by atoms with van der Waals surface area (Å²) in [5, 5.41) is 0.262. The molecule has 2 aromatic carbocycles. The van der Waals surface area contributed by atoms with E-state index in [0.717, 1.165) is 11.1 Å². The molecule has 2 rings (SSSR count). The van der Waals surface area contributed by atoms with Crippen LogP contribution in [0.25, 0.3) is 0 Å². The maximum atomic E-state index is 13.1. The number of benzene rings is 2. The molecular formula is C18H23ClN2O2S. The summed E-state index contributed by atoms with van der Waals surface area (Å²) in [6.07, 6.45) is 0. The molecule has 0 fully saturated rings. The van der Waals surface area contributed by atoms with Gasteiger partial charge in [0.15, 0.2) is 0 Å². The zero-order chi connectivity index (χ0) is 17.7. The molecule has 0 N–H and O–H groups in total. The molecule has 0 aliphatic heterocycles. The molecule has 130 valence electrons. The van der Waals surface area contributed by atoms with Gasteiger partial charge in [0.1, 0.15) is 4.90 Å². The Hall–Kier alpha value is -1.40. The fourth-order valence-corrected chi connectivity index (χ4v) is 4.33. The smallest absolute Gasteiger partial charge is 0.244 e. The van der Waals surface area contributed by atoms with Crippen LogP contribution in [0.2, 0.25) is 5.02 Å². The monoisotopic (exact) mass is 366 g/mol. The normalized spacial score (nSPS) is 12.1. The average molecular weight is 367 g/mol. The molecule has 0 aliphatic rings. The number of sulfonamides is 1. The molecule has 0 spiro atoms. The molecule has 24 heavy (non-hydrogen) atoms. The number of hydrogen-bond donors (Lipinski definition) is 0. The zero-order valence-electron chi connectivity index (χ0n) is 14.2. The van der Waals surface area contributed by atoms with Crippen molar-refractivity contribution in [2.24, 2.45) is 0 Å². The molecule has 0 aromatic heterocycles. The van der Waals surface area contributed by atoms with Gasteiger partial charge in [0, 0.05) is 19.6 Å². The van der Waals surface area contributed by atoms with E-state index in [1.807, 2.05) is 56.3 Å². The van der Waals surface area contributed by atoms with E-state index in [1.54, 1.807) is 18.2 Å². The quantitative estimate of drug-likeness (QED) is 0.754. The largest absolute Gasteiger partial charge is 0.308 e. The van der Waals surface area contributed by atoms with Gasteiger partial charge in [0.05, 0.1) is 5.02 Å². The predicted molar refractivity (Wildman–Crippen MR) is 98.8 cm³/mol. The van der Waals surface area contributed by atoms with E-state index in [2.05, 4.69) is 0 Å². The minimum absolute atomic E-state index is 0.157. The highest BCUT2D eigenvalue weighted by Crippen LogP contribution is 2.26. The minimum Gasteiger partial charge on any atom is -0.308 e. The van der Waals surface area contributed by atoms with Crippen molar-refractivity contribution in [1.82, 2.24) is 9.21 Å². The summed E-state index contributed by atoms with van der Waals surface area (Å²) in [5.41, 5.74) is 1.88. The van der Waals surface area contributed by atoms with Gasteiger partial charge in [-0.2, -0.15) is 4.31 Å². The number of hydrogen-bond acceptors (Lipinski definition) is 3. The number of rotatable bonds is 7. The molecule has 0 saturated carbocycles. The third-order valence-electron chi connectivity index (χ3n) is 3.70. The molecule has 0 radical (unpaired) electrons. The van der Waals surface area contributed by atoms with Crippen LogP contribution in [0.4, 0.5) is 0 Å². The van der Waals surface area contributed by atoms with Gasteiger partial charge in [-0.15, -0.1) is 0 Å². The Morgan fingerprint density at radius 2 is 1.67 bits per heavy atom. The number of nitrogens with zero attached hydrogens (tertiary/aromatic N) is 2. The third kappa shape index (κ3) is 4.80. The molecule has 2 aromatic rings. The van der Waals surface area contributed by atoms with Gasteiger partial charge in [0.2, 0.25) is 10.0 Å². The van der Waals surface area contributed by atoms with Crippen LogP contribution < -0.4 is 0 Å². The summed E-state index contributed by atoms with van der Waals surface area (Å²) in [4.78, 5) is 2.12. The molecule has 6 heteroatoms. The first-order valence-electron chi connectivity index (χ1n) is 7.75. The number of aryl methyl sites for hydroxylation is 1. The predicted octanol–water partition coefficient (Wildman–Crippen LogP) is 3.40. The van der Waals surface area contributed by atoms with Crippen molar-refractivity contribution in [1.29, 1.82) is 0 Å². The zero-order valence-corrected chi connectivity index (χ0v) is 15.8. The van der Waals surface area contributed by atoms with E-state index in [1.165, 1.54) is 4.31 Å². The lowest BCUT2D eigenvalue weighted by molar-refractivity contribution is 0.329. The van der Waals surface area contributed by atoms with E-state index in [0.29, 0.717) is 19.6 Å². The van der Waals surface area contributed by atoms with Gasteiger partial charge in [-0.05, 0) is 44.3 Å². The average Bonchev–Trinajstić information content (AvgIpc) is 2.51. The van der Waals surface area contributed by atoms with Gasteiger partial charge in [0.25, 0.3) is 0 Å². The Labute approximate surface area is 149 Å². The summed E-state index contributed by atoms with van der Waals surface area (Å²) in [6, 6.07) is 14.6. The number of likely N-dealkylation sites (N-methyl/N-ethyl adjacent to an activating group) is 1. The Morgan fingerprint density at radius 1 is 1.00 bits per heavy atom. The van der Waals surface area contributed by atoms with Gasteiger partial charge < -0.3 is 4.90 Å². The summed E-state index contributed by atoms with van der Waals surface area (Å²) in [6.45, 7) is 3.24. The summed E-state index contributed by atoms with van der Waals surface area (Å²) in [7, 11) is 0.178. The highest BCUT2D eigenvalue weighted by molar-refractivity contribution is 7.89. The van der Waals surface area contributed by atoms with Crippen molar-refractivity contribution in [3.05, 3.63) is 64.7 Å². The SMILES string of the molecule is Cc1ccc(S(=O)(=O)N(CCN(C)C)Cc2ccccc2)c(Cl)c1. The van der Waals surface area contributed by atoms with Crippen molar-refractivity contribution in [3.8, 4) is 0 Å². The van der Waals surface area contributed by atoms with Crippen LogP contribution >= 0.6 is 11.6 Å². The molecule has 0 aliphatic carbocycles. The first-order valence-corrected chi connectivity index (χ1v) is 9.57. The van der Waals surface area contributed by atoms with Crippen LogP contribution in [0.1, 0.15) is 11.1 Å². The first kappa shape index (κ1) is 18.9. The standard InChI is InChI=1S/C18H23ClN2O2S/c1-15-9-10-18(17(19)13-15)24(22,23)21(12-11-20(2)3)14-16-7-5-4-6-8-16/h4-10,13H,11-12,14H2,1-3H3. The lowest BCUT2D eigenvalue weighted by atomic mass is 10.2. The van der Waals surface area contributed by atoms with Crippen molar-refractivity contribution >= 4 is 21.6 Å². The van der Waals surface area contributed by atoms with Gasteiger partial charge >= 0.3 is 0 Å². The Kier molecular flexibility index (Phi) is 6.40. The van der Waals surface area contributed by atoms with Crippen molar-refractivity contribution in [2.45, 2.75) is 18.4 Å². The van der Waals surface area contributed by atoms with Crippen LogP contribution in [0, 0.1) is 6.92 Å². The van der Waals surface area contributed by atoms with Gasteiger partial charge in [-0.3, -0.25) is 0 Å². The molecule has 0 saturated heterocycles. The molecule has 0 heterocycles. The molecular weight excluding hydrogens is 344 g/mol. The molecule has 4 nitrogen and oxygen atoms in total.